The molecular weight excluding hydrogens is 404 g/mol. The summed E-state index contributed by atoms with van der Waals surface area (Å²) >= 11 is 0. The topological polar surface area (TPSA) is 52.9 Å². The molecule has 4 heterocycles. The van der Waals surface area contributed by atoms with E-state index in [2.05, 4.69) is 38.3 Å². The highest BCUT2D eigenvalue weighted by molar-refractivity contribution is 6.11. The maximum absolute atomic E-state index is 14.2. The third-order valence-electron chi connectivity index (χ3n) is 7.08. The summed E-state index contributed by atoms with van der Waals surface area (Å²) in [5.41, 5.74) is 5.51. The Bertz CT molecular complexity index is 1280. The fourth-order valence-corrected chi connectivity index (χ4v) is 5.69. The second kappa shape index (κ2) is 6.55. The molecule has 0 aliphatic carbocycles. The van der Waals surface area contributed by atoms with E-state index in [0.717, 1.165) is 16.8 Å². The van der Waals surface area contributed by atoms with E-state index in [9.17, 15) is 4.79 Å². The van der Waals surface area contributed by atoms with Gasteiger partial charge in [0, 0.05) is 34.7 Å². The Labute approximate surface area is 187 Å². The highest BCUT2D eigenvalue weighted by Gasteiger charge is 2.57. The summed E-state index contributed by atoms with van der Waals surface area (Å²) in [6, 6.07) is 14.4. The number of benzene rings is 2. The normalized spacial score (nSPS) is 20.3. The van der Waals surface area contributed by atoms with Gasteiger partial charge in [-0.05, 0) is 57.0 Å². The largest absolute Gasteiger partial charge is 0.491 e. The number of aryl methyl sites for hydroxylation is 1. The van der Waals surface area contributed by atoms with Gasteiger partial charge in [-0.1, -0.05) is 18.2 Å². The minimum atomic E-state index is -0.865. The second-order valence-electron chi connectivity index (χ2n) is 9.16. The van der Waals surface area contributed by atoms with Crippen LogP contribution in [-0.2, 0) is 16.8 Å². The van der Waals surface area contributed by atoms with Crippen molar-refractivity contribution in [3.63, 3.8) is 0 Å². The van der Waals surface area contributed by atoms with Crippen molar-refractivity contribution < 1.29 is 19.0 Å². The minimum absolute atomic E-state index is 0.0469. The van der Waals surface area contributed by atoms with Crippen molar-refractivity contribution in [1.29, 1.82) is 0 Å². The molecule has 0 saturated heterocycles. The van der Waals surface area contributed by atoms with Gasteiger partial charge in [0.15, 0.2) is 11.5 Å². The fourth-order valence-electron chi connectivity index (χ4n) is 5.69. The number of nitrogens with zero attached hydrogens (tertiary/aromatic N) is 2. The lowest BCUT2D eigenvalue weighted by Gasteiger charge is -2.23. The first-order chi connectivity index (χ1) is 15.4. The van der Waals surface area contributed by atoms with Gasteiger partial charge in [-0.25, -0.2) is 0 Å². The molecule has 1 aromatic heterocycles. The number of carbonyl (C=O) groups excluding carboxylic acids is 1. The van der Waals surface area contributed by atoms with Gasteiger partial charge in [0.25, 0.3) is 0 Å². The van der Waals surface area contributed by atoms with Crippen molar-refractivity contribution in [3.8, 4) is 17.2 Å². The molecular formula is C26H26N2O4. The van der Waals surface area contributed by atoms with Crippen LogP contribution < -0.4 is 19.1 Å². The van der Waals surface area contributed by atoms with Crippen LogP contribution in [0, 0.1) is 13.8 Å². The molecule has 32 heavy (non-hydrogen) atoms. The first-order valence-corrected chi connectivity index (χ1v) is 11.1. The summed E-state index contributed by atoms with van der Waals surface area (Å²) in [5.74, 6) is 2.07. The Morgan fingerprint density at radius 1 is 0.969 bits per heavy atom. The van der Waals surface area contributed by atoms with Crippen molar-refractivity contribution in [1.82, 2.24) is 4.57 Å². The van der Waals surface area contributed by atoms with Gasteiger partial charge in [0.2, 0.25) is 12.7 Å². The van der Waals surface area contributed by atoms with Gasteiger partial charge in [0.05, 0.1) is 6.54 Å². The summed E-state index contributed by atoms with van der Waals surface area (Å²) in [7, 11) is 0. The predicted octanol–water partition coefficient (Wildman–Crippen LogP) is 4.64. The van der Waals surface area contributed by atoms with Crippen molar-refractivity contribution in [2.24, 2.45) is 0 Å². The lowest BCUT2D eigenvalue weighted by molar-refractivity contribution is -0.122. The first-order valence-electron chi connectivity index (χ1n) is 11.1. The van der Waals surface area contributed by atoms with Crippen molar-refractivity contribution in [2.45, 2.75) is 45.7 Å². The maximum Gasteiger partial charge on any atom is 0.246 e. The molecule has 6 heteroatoms. The zero-order chi connectivity index (χ0) is 22.2. The van der Waals surface area contributed by atoms with Crippen LogP contribution in [0.3, 0.4) is 0 Å². The predicted molar refractivity (Wildman–Crippen MR) is 121 cm³/mol. The first kappa shape index (κ1) is 19.3. The third-order valence-corrected chi connectivity index (χ3v) is 7.08. The summed E-state index contributed by atoms with van der Waals surface area (Å²) in [6.45, 7) is 9.64. The average Bonchev–Trinajstić information content (AvgIpc) is 3.49. The molecule has 6 rings (SSSR count). The summed E-state index contributed by atoms with van der Waals surface area (Å²) in [6.07, 6.45) is 0. The molecule has 0 radical (unpaired) electrons. The average molecular weight is 431 g/mol. The van der Waals surface area contributed by atoms with Gasteiger partial charge < -0.3 is 23.7 Å². The van der Waals surface area contributed by atoms with E-state index in [1.807, 2.05) is 41.3 Å². The summed E-state index contributed by atoms with van der Waals surface area (Å²) in [4.78, 5) is 16.1. The number of carbonyl (C=O) groups is 1. The quantitative estimate of drug-likeness (QED) is 0.608. The monoisotopic (exact) mass is 430 g/mol. The summed E-state index contributed by atoms with van der Waals surface area (Å²) in [5, 5.41) is 0. The lowest BCUT2D eigenvalue weighted by atomic mass is 9.77. The Balaban J connectivity index is 1.47. The van der Waals surface area contributed by atoms with E-state index in [-0.39, 0.29) is 19.3 Å². The van der Waals surface area contributed by atoms with E-state index < -0.39 is 5.41 Å². The van der Waals surface area contributed by atoms with Crippen LogP contribution >= 0.6 is 0 Å². The molecule has 1 atom stereocenters. The number of hydrogen-bond donors (Lipinski definition) is 0. The van der Waals surface area contributed by atoms with Crippen LogP contribution in [0.4, 0.5) is 5.69 Å². The van der Waals surface area contributed by atoms with E-state index in [1.54, 1.807) is 0 Å². The number of anilines is 1. The van der Waals surface area contributed by atoms with E-state index in [1.165, 1.54) is 17.0 Å². The smallest absolute Gasteiger partial charge is 0.246 e. The van der Waals surface area contributed by atoms with Crippen LogP contribution in [0.5, 0.6) is 17.2 Å². The summed E-state index contributed by atoms with van der Waals surface area (Å²) < 4.78 is 19.5. The highest BCUT2D eigenvalue weighted by atomic mass is 16.7. The molecule has 0 N–H and O–H groups in total. The molecule has 3 aliphatic rings. The van der Waals surface area contributed by atoms with Crippen LogP contribution in [0.2, 0.25) is 0 Å². The minimum Gasteiger partial charge on any atom is -0.491 e. The molecule has 164 valence electrons. The number of rotatable bonds is 3. The maximum atomic E-state index is 14.2. The van der Waals surface area contributed by atoms with Crippen molar-refractivity contribution >= 4 is 11.6 Å². The number of amides is 1. The van der Waals surface area contributed by atoms with Crippen LogP contribution in [0.1, 0.15) is 48.0 Å². The van der Waals surface area contributed by atoms with Crippen molar-refractivity contribution in [2.75, 3.05) is 18.3 Å². The Morgan fingerprint density at radius 3 is 2.47 bits per heavy atom. The highest BCUT2D eigenvalue weighted by Crippen LogP contribution is 2.55. The molecule has 2 aromatic carbocycles. The molecule has 3 aromatic rings. The Kier molecular flexibility index (Phi) is 3.95. The van der Waals surface area contributed by atoms with E-state index >= 15 is 0 Å². The standard InChI is InChI=1S/C26H26N2O4/c1-15(2)28-16(3)9-18(17(28)4)12-27-21-8-6-5-7-19(21)26(25(27)29)13-30-22-11-24-23(10-20(22)26)31-14-32-24/h5-11,15H,12-14H2,1-4H3. The fraction of sp³-hybridized carbons (Fsp3) is 0.346. The third kappa shape index (κ3) is 2.38. The van der Waals surface area contributed by atoms with E-state index in [4.69, 9.17) is 14.2 Å². The molecule has 3 aliphatic heterocycles. The van der Waals surface area contributed by atoms with Crippen LogP contribution in [0.25, 0.3) is 0 Å². The number of para-hydroxylation sites is 1. The SMILES string of the molecule is Cc1cc(CN2C(=O)C3(COc4cc5c(cc43)OCO5)c3ccccc32)c(C)n1C(C)C. The Morgan fingerprint density at radius 2 is 1.72 bits per heavy atom. The molecule has 0 fully saturated rings. The van der Waals surface area contributed by atoms with Gasteiger partial charge in [-0.2, -0.15) is 0 Å². The molecule has 6 nitrogen and oxygen atoms in total. The molecule has 1 spiro atoms. The number of aromatic nitrogens is 1. The Hall–Kier alpha value is -3.41. The van der Waals surface area contributed by atoms with Gasteiger partial charge in [-0.3, -0.25) is 4.79 Å². The van der Waals surface area contributed by atoms with Crippen LogP contribution in [-0.4, -0.2) is 23.9 Å². The number of ether oxygens (including phenoxy) is 3. The van der Waals surface area contributed by atoms with Gasteiger partial charge in [0.1, 0.15) is 17.8 Å². The molecule has 0 saturated carbocycles. The molecule has 1 amide bonds. The van der Waals surface area contributed by atoms with E-state index in [0.29, 0.717) is 29.8 Å². The number of fused-ring (bicyclic) bond motifs is 5. The molecule has 0 bridgehead atoms. The molecule has 1 unspecified atom stereocenters. The number of hydrogen-bond acceptors (Lipinski definition) is 4. The lowest BCUT2D eigenvalue weighted by Crippen LogP contribution is -2.42. The van der Waals surface area contributed by atoms with Crippen LogP contribution in [0.15, 0.2) is 42.5 Å². The second-order valence-corrected chi connectivity index (χ2v) is 9.16. The van der Waals surface area contributed by atoms with Gasteiger partial charge in [-0.15, -0.1) is 0 Å². The van der Waals surface area contributed by atoms with Gasteiger partial charge >= 0.3 is 0 Å². The zero-order valence-corrected chi connectivity index (χ0v) is 18.8. The van der Waals surface area contributed by atoms with Crippen molar-refractivity contribution in [3.05, 3.63) is 70.5 Å². The zero-order valence-electron chi connectivity index (χ0n) is 18.8.